The maximum absolute atomic E-state index is 8.50. The molecule has 1 atom stereocenters. The SMILES string of the molecule is CC1=CCC(C(C)C)C=C1NCC#N.[HH]. The number of hydrogen-bond acceptors (Lipinski definition) is 2. The molecule has 0 aromatic carbocycles. The largest absolute Gasteiger partial charge is 0.372 e. The molecule has 2 nitrogen and oxygen atoms in total. The summed E-state index contributed by atoms with van der Waals surface area (Å²) in [4.78, 5) is 0. The van der Waals surface area contributed by atoms with Gasteiger partial charge in [0.1, 0.15) is 6.54 Å². The van der Waals surface area contributed by atoms with Gasteiger partial charge in [0.2, 0.25) is 0 Å². The van der Waals surface area contributed by atoms with Crippen LogP contribution in [0.15, 0.2) is 23.4 Å². The molecule has 2 heteroatoms. The van der Waals surface area contributed by atoms with Crippen molar-refractivity contribution in [2.75, 3.05) is 6.54 Å². The Labute approximate surface area is 87.8 Å². The molecule has 1 N–H and O–H groups in total. The van der Waals surface area contributed by atoms with Crippen LogP contribution in [0.5, 0.6) is 0 Å². The average Bonchev–Trinajstić information content (AvgIpc) is 2.16. The van der Waals surface area contributed by atoms with Gasteiger partial charge in [-0.1, -0.05) is 26.0 Å². The van der Waals surface area contributed by atoms with E-state index in [1.807, 2.05) is 0 Å². The molecule has 0 radical (unpaired) electrons. The molecule has 0 aliphatic heterocycles. The Balaban J connectivity index is 0.00000196. The predicted molar refractivity (Wildman–Crippen MR) is 60.5 cm³/mol. The molecular weight excluding hydrogens is 172 g/mol. The zero-order chi connectivity index (χ0) is 10.6. The molecule has 1 aliphatic carbocycles. The second-order valence-corrected chi connectivity index (χ2v) is 4.12. The molecule has 0 heterocycles. The van der Waals surface area contributed by atoms with Crippen LogP contribution in [-0.4, -0.2) is 6.54 Å². The molecule has 14 heavy (non-hydrogen) atoms. The lowest BCUT2D eigenvalue weighted by Gasteiger charge is -2.23. The topological polar surface area (TPSA) is 35.8 Å². The highest BCUT2D eigenvalue weighted by atomic mass is 14.9. The molecule has 0 bridgehead atoms. The lowest BCUT2D eigenvalue weighted by Crippen LogP contribution is -2.19. The zero-order valence-corrected chi connectivity index (χ0v) is 9.17. The smallest absolute Gasteiger partial charge is 0.103 e. The molecule has 0 saturated carbocycles. The van der Waals surface area contributed by atoms with Crippen molar-refractivity contribution in [2.24, 2.45) is 11.8 Å². The summed E-state index contributed by atoms with van der Waals surface area (Å²) in [5.74, 6) is 1.28. The van der Waals surface area contributed by atoms with Gasteiger partial charge in [-0.3, -0.25) is 0 Å². The van der Waals surface area contributed by atoms with E-state index in [4.69, 9.17) is 5.26 Å². The van der Waals surface area contributed by atoms with Crippen molar-refractivity contribution >= 4 is 0 Å². The van der Waals surface area contributed by atoms with Crippen LogP contribution in [0.3, 0.4) is 0 Å². The van der Waals surface area contributed by atoms with Crippen molar-refractivity contribution in [1.29, 1.82) is 5.26 Å². The van der Waals surface area contributed by atoms with Crippen molar-refractivity contribution < 1.29 is 1.43 Å². The van der Waals surface area contributed by atoms with Crippen LogP contribution < -0.4 is 5.32 Å². The van der Waals surface area contributed by atoms with Crippen LogP contribution in [-0.2, 0) is 0 Å². The third-order valence-electron chi connectivity index (χ3n) is 2.72. The number of nitrogens with one attached hydrogen (secondary N) is 1. The van der Waals surface area contributed by atoms with Crippen molar-refractivity contribution in [2.45, 2.75) is 27.2 Å². The monoisotopic (exact) mass is 192 g/mol. The van der Waals surface area contributed by atoms with Crippen LogP contribution in [0.25, 0.3) is 0 Å². The first-order valence-electron chi connectivity index (χ1n) is 5.15. The fourth-order valence-electron chi connectivity index (χ4n) is 1.63. The van der Waals surface area contributed by atoms with E-state index in [1.165, 1.54) is 5.57 Å². The zero-order valence-electron chi connectivity index (χ0n) is 9.17. The lowest BCUT2D eigenvalue weighted by molar-refractivity contribution is 0.460. The van der Waals surface area contributed by atoms with E-state index in [2.05, 4.69) is 44.3 Å². The average molecular weight is 192 g/mol. The molecular formula is C12H20N2. The van der Waals surface area contributed by atoms with Gasteiger partial charge in [-0.15, -0.1) is 0 Å². The van der Waals surface area contributed by atoms with Crippen LogP contribution in [0.2, 0.25) is 0 Å². The normalized spacial score (nSPS) is 21.2. The first-order valence-corrected chi connectivity index (χ1v) is 5.15. The Morgan fingerprint density at radius 1 is 1.71 bits per heavy atom. The molecule has 1 unspecified atom stereocenters. The van der Waals surface area contributed by atoms with Crippen molar-refractivity contribution in [1.82, 2.24) is 5.32 Å². The summed E-state index contributed by atoms with van der Waals surface area (Å²) in [6, 6.07) is 2.10. The fourth-order valence-corrected chi connectivity index (χ4v) is 1.63. The molecule has 1 aliphatic rings. The Morgan fingerprint density at radius 3 is 3.00 bits per heavy atom. The van der Waals surface area contributed by atoms with Crippen molar-refractivity contribution in [3.8, 4) is 6.07 Å². The third-order valence-corrected chi connectivity index (χ3v) is 2.72. The molecule has 0 fully saturated rings. The van der Waals surface area contributed by atoms with E-state index in [0.29, 0.717) is 18.4 Å². The molecule has 0 saturated heterocycles. The summed E-state index contributed by atoms with van der Waals surface area (Å²) < 4.78 is 0. The molecule has 78 valence electrons. The van der Waals surface area contributed by atoms with Crippen molar-refractivity contribution in [3.05, 3.63) is 23.4 Å². The minimum Gasteiger partial charge on any atom is -0.372 e. The van der Waals surface area contributed by atoms with Crippen LogP contribution >= 0.6 is 0 Å². The number of hydrogen-bond donors (Lipinski definition) is 1. The summed E-state index contributed by atoms with van der Waals surface area (Å²) >= 11 is 0. The van der Waals surface area contributed by atoms with E-state index in [-0.39, 0.29) is 1.43 Å². The summed E-state index contributed by atoms with van der Waals surface area (Å²) in [6.45, 7) is 6.95. The maximum atomic E-state index is 8.50. The summed E-state index contributed by atoms with van der Waals surface area (Å²) in [7, 11) is 0. The van der Waals surface area contributed by atoms with E-state index in [0.717, 1.165) is 12.1 Å². The Morgan fingerprint density at radius 2 is 2.43 bits per heavy atom. The number of nitrogens with zero attached hydrogens (tertiary/aromatic N) is 1. The quantitative estimate of drug-likeness (QED) is 0.698. The lowest BCUT2D eigenvalue weighted by atomic mass is 9.86. The Hall–Kier alpha value is -1.23. The number of rotatable bonds is 3. The third kappa shape index (κ3) is 2.63. The van der Waals surface area contributed by atoms with E-state index >= 15 is 0 Å². The van der Waals surface area contributed by atoms with Gasteiger partial charge in [0.05, 0.1) is 6.07 Å². The van der Waals surface area contributed by atoms with E-state index < -0.39 is 0 Å². The van der Waals surface area contributed by atoms with Crippen LogP contribution in [0.1, 0.15) is 28.6 Å². The Kier molecular flexibility index (Phi) is 3.76. The number of allylic oxidation sites excluding steroid dienone is 3. The van der Waals surface area contributed by atoms with Gasteiger partial charge in [-0.2, -0.15) is 5.26 Å². The Bertz CT molecular complexity index is 297. The highest BCUT2D eigenvalue weighted by molar-refractivity contribution is 5.32. The van der Waals surface area contributed by atoms with Crippen LogP contribution in [0.4, 0.5) is 0 Å². The highest BCUT2D eigenvalue weighted by Gasteiger charge is 2.15. The van der Waals surface area contributed by atoms with Gasteiger partial charge in [0.25, 0.3) is 0 Å². The fraction of sp³-hybridized carbons (Fsp3) is 0.583. The summed E-state index contributed by atoms with van der Waals surface area (Å²) in [5, 5.41) is 11.6. The maximum Gasteiger partial charge on any atom is 0.103 e. The predicted octanol–water partition coefficient (Wildman–Crippen LogP) is 2.85. The first-order chi connectivity index (χ1) is 6.65. The second kappa shape index (κ2) is 4.85. The standard InChI is InChI=1S/C12H18N2.H2/c1-9(2)11-5-4-10(3)12(8-11)14-7-6-13;/h4,8-9,11,14H,5,7H2,1-3H3;1H. The summed E-state index contributed by atoms with van der Waals surface area (Å²) in [5.41, 5.74) is 2.40. The van der Waals surface area contributed by atoms with E-state index in [1.54, 1.807) is 0 Å². The first kappa shape index (κ1) is 10.8. The second-order valence-electron chi connectivity index (χ2n) is 4.12. The molecule has 0 spiro atoms. The van der Waals surface area contributed by atoms with Gasteiger partial charge in [-0.05, 0) is 30.8 Å². The van der Waals surface area contributed by atoms with Crippen molar-refractivity contribution in [3.63, 3.8) is 0 Å². The van der Waals surface area contributed by atoms with Gasteiger partial charge >= 0.3 is 0 Å². The molecule has 0 amide bonds. The van der Waals surface area contributed by atoms with Gasteiger partial charge in [-0.25, -0.2) is 0 Å². The molecule has 0 aromatic heterocycles. The van der Waals surface area contributed by atoms with Gasteiger partial charge < -0.3 is 5.32 Å². The molecule has 1 rings (SSSR count). The van der Waals surface area contributed by atoms with Crippen LogP contribution in [0, 0.1) is 23.2 Å². The molecule has 0 aromatic rings. The number of nitriles is 1. The highest BCUT2D eigenvalue weighted by Crippen LogP contribution is 2.26. The minimum absolute atomic E-state index is 0. The van der Waals surface area contributed by atoms with Gasteiger partial charge in [0.15, 0.2) is 0 Å². The van der Waals surface area contributed by atoms with Gasteiger partial charge in [0, 0.05) is 7.12 Å². The van der Waals surface area contributed by atoms with E-state index in [9.17, 15) is 0 Å². The minimum atomic E-state index is 0. The summed E-state index contributed by atoms with van der Waals surface area (Å²) in [6.07, 6.45) is 5.64.